The Bertz CT molecular complexity index is 298. The molecule has 2 aliphatic heterocycles. The predicted molar refractivity (Wildman–Crippen MR) is 58.7 cm³/mol. The molecule has 15 heavy (non-hydrogen) atoms. The van der Waals surface area contributed by atoms with Crippen molar-refractivity contribution in [3.05, 3.63) is 0 Å². The van der Waals surface area contributed by atoms with Crippen LogP contribution in [0.5, 0.6) is 0 Å². The van der Waals surface area contributed by atoms with E-state index in [4.69, 9.17) is 0 Å². The number of nitrogens with one attached hydrogen (secondary N) is 2. The highest BCUT2D eigenvalue weighted by Gasteiger charge is 2.27. The zero-order chi connectivity index (χ0) is 10.7. The second kappa shape index (κ2) is 4.78. The van der Waals surface area contributed by atoms with Crippen LogP contribution in [0, 0.1) is 5.92 Å². The number of rotatable bonds is 3. The van der Waals surface area contributed by atoms with Gasteiger partial charge in [-0.25, -0.2) is 4.72 Å². The lowest BCUT2D eigenvalue weighted by atomic mass is 9.95. The first-order valence-corrected chi connectivity index (χ1v) is 7.08. The lowest BCUT2D eigenvalue weighted by molar-refractivity contribution is 0.319. The molecule has 2 saturated heterocycles. The molecule has 2 N–H and O–H groups in total. The minimum atomic E-state index is -3.12. The molecule has 0 aromatic rings. The predicted octanol–water partition coefficient (Wildman–Crippen LogP) is -0.474. The molecule has 0 atom stereocenters. The molecule has 2 aliphatic rings. The second-order valence-electron chi connectivity index (χ2n) is 4.28. The molecular formula is C9H19N3O2S. The van der Waals surface area contributed by atoms with Gasteiger partial charge in [-0.1, -0.05) is 0 Å². The first-order chi connectivity index (χ1) is 7.18. The minimum Gasteiger partial charge on any atom is -0.317 e. The average Bonchev–Trinajstić information content (AvgIpc) is 2.56. The summed E-state index contributed by atoms with van der Waals surface area (Å²) in [6.45, 7) is 4.03. The molecule has 0 unspecified atom stereocenters. The summed E-state index contributed by atoms with van der Waals surface area (Å²) >= 11 is 0. The van der Waals surface area contributed by atoms with Gasteiger partial charge in [0.25, 0.3) is 10.2 Å². The van der Waals surface area contributed by atoms with Crippen molar-refractivity contribution in [3.8, 4) is 0 Å². The molecule has 88 valence electrons. The van der Waals surface area contributed by atoms with E-state index in [1.165, 1.54) is 12.8 Å². The molecule has 0 amide bonds. The standard InChI is InChI=1S/C9H19N3O2S/c13-15(14)11-6-8-12(15)7-3-9-1-4-10-5-2-9/h9-11H,1-8H2. The fraction of sp³-hybridized carbons (Fsp3) is 1.00. The number of hydrogen-bond donors (Lipinski definition) is 2. The number of piperidine rings is 1. The summed E-state index contributed by atoms with van der Waals surface area (Å²) in [6, 6.07) is 0. The molecule has 0 bridgehead atoms. The molecule has 2 rings (SSSR count). The topological polar surface area (TPSA) is 61.4 Å². The molecule has 0 aromatic heterocycles. The van der Waals surface area contributed by atoms with Crippen molar-refractivity contribution in [1.82, 2.24) is 14.3 Å². The monoisotopic (exact) mass is 233 g/mol. The third kappa shape index (κ3) is 2.90. The quantitative estimate of drug-likeness (QED) is 0.692. The van der Waals surface area contributed by atoms with E-state index in [1.807, 2.05) is 0 Å². The van der Waals surface area contributed by atoms with Crippen molar-refractivity contribution in [3.63, 3.8) is 0 Å². The van der Waals surface area contributed by atoms with Crippen molar-refractivity contribution in [2.75, 3.05) is 32.7 Å². The molecule has 2 fully saturated rings. The van der Waals surface area contributed by atoms with Gasteiger partial charge in [0.15, 0.2) is 0 Å². The maximum atomic E-state index is 11.4. The number of nitrogens with zero attached hydrogens (tertiary/aromatic N) is 1. The maximum Gasteiger partial charge on any atom is 0.279 e. The summed E-state index contributed by atoms with van der Waals surface area (Å²) in [6.07, 6.45) is 3.37. The van der Waals surface area contributed by atoms with Gasteiger partial charge in [0.05, 0.1) is 0 Å². The van der Waals surface area contributed by atoms with Crippen LogP contribution in [0.3, 0.4) is 0 Å². The highest BCUT2D eigenvalue weighted by atomic mass is 32.2. The van der Waals surface area contributed by atoms with Crippen LogP contribution >= 0.6 is 0 Å². The van der Waals surface area contributed by atoms with Crippen LogP contribution in [-0.2, 0) is 10.2 Å². The van der Waals surface area contributed by atoms with Gasteiger partial charge in [0.1, 0.15) is 0 Å². The maximum absolute atomic E-state index is 11.4. The van der Waals surface area contributed by atoms with Crippen molar-refractivity contribution in [1.29, 1.82) is 0 Å². The van der Waals surface area contributed by atoms with Gasteiger partial charge >= 0.3 is 0 Å². The van der Waals surface area contributed by atoms with Crippen molar-refractivity contribution in [2.45, 2.75) is 19.3 Å². The van der Waals surface area contributed by atoms with Gasteiger partial charge in [-0.05, 0) is 38.3 Å². The Morgan fingerprint density at radius 2 is 1.93 bits per heavy atom. The molecule has 0 aliphatic carbocycles. The van der Waals surface area contributed by atoms with Crippen LogP contribution in [-0.4, -0.2) is 45.4 Å². The zero-order valence-corrected chi connectivity index (χ0v) is 9.72. The Kier molecular flexibility index (Phi) is 3.60. The summed E-state index contributed by atoms with van der Waals surface area (Å²) in [5.41, 5.74) is 0. The van der Waals surface area contributed by atoms with Crippen molar-refractivity contribution < 1.29 is 8.42 Å². The molecule has 2 heterocycles. The Labute approximate surface area is 91.4 Å². The molecular weight excluding hydrogens is 214 g/mol. The van der Waals surface area contributed by atoms with Gasteiger partial charge in [-0.3, -0.25) is 0 Å². The molecule has 0 spiro atoms. The van der Waals surface area contributed by atoms with Crippen LogP contribution in [0.1, 0.15) is 19.3 Å². The minimum absolute atomic E-state index is 0.564. The van der Waals surface area contributed by atoms with E-state index in [1.54, 1.807) is 4.31 Å². The normalized spacial score (nSPS) is 28.3. The highest BCUT2D eigenvalue weighted by molar-refractivity contribution is 7.87. The van der Waals surface area contributed by atoms with E-state index < -0.39 is 10.2 Å². The highest BCUT2D eigenvalue weighted by Crippen LogP contribution is 2.17. The van der Waals surface area contributed by atoms with Crippen molar-refractivity contribution >= 4 is 10.2 Å². The van der Waals surface area contributed by atoms with E-state index in [0.29, 0.717) is 25.6 Å². The lowest BCUT2D eigenvalue weighted by Crippen LogP contribution is -2.33. The van der Waals surface area contributed by atoms with E-state index in [0.717, 1.165) is 19.5 Å². The largest absolute Gasteiger partial charge is 0.317 e. The number of hydrogen-bond acceptors (Lipinski definition) is 3. The zero-order valence-electron chi connectivity index (χ0n) is 8.91. The van der Waals surface area contributed by atoms with Gasteiger partial charge in [-0.15, -0.1) is 0 Å². The molecule has 5 nitrogen and oxygen atoms in total. The smallest absolute Gasteiger partial charge is 0.279 e. The van der Waals surface area contributed by atoms with Crippen LogP contribution in [0.4, 0.5) is 0 Å². The van der Waals surface area contributed by atoms with Gasteiger partial charge in [-0.2, -0.15) is 12.7 Å². The first-order valence-electron chi connectivity index (χ1n) is 5.64. The summed E-state index contributed by atoms with van der Waals surface area (Å²) in [7, 11) is -3.12. The Morgan fingerprint density at radius 3 is 2.53 bits per heavy atom. The van der Waals surface area contributed by atoms with Crippen LogP contribution in [0.15, 0.2) is 0 Å². The average molecular weight is 233 g/mol. The van der Waals surface area contributed by atoms with Crippen LogP contribution < -0.4 is 10.0 Å². The van der Waals surface area contributed by atoms with Crippen LogP contribution in [0.25, 0.3) is 0 Å². The van der Waals surface area contributed by atoms with Crippen molar-refractivity contribution in [2.24, 2.45) is 5.92 Å². The second-order valence-corrected chi connectivity index (χ2v) is 6.04. The first kappa shape index (κ1) is 11.3. The van der Waals surface area contributed by atoms with E-state index in [9.17, 15) is 8.42 Å². The third-order valence-electron chi connectivity index (χ3n) is 3.23. The summed E-state index contributed by atoms with van der Waals surface area (Å²) in [4.78, 5) is 0. The summed E-state index contributed by atoms with van der Waals surface area (Å²) in [5, 5.41) is 3.31. The molecule has 0 radical (unpaired) electrons. The lowest BCUT2D eigenvalue weighted by Gasteiger charge is -2.24. The fourth-order valence-corrected chi connectivity index (χ4v) is 3.45. The SMILES string of the molecule is O=S1(=O)NCCN1CCC1CCNCC1. The van der Waals surface area contributed by atoms with Gasteiger partial charge in [0.2, 0.25) is 0 Å². The molecule has 6 heteroatoms. The third-order valence-corrected chi connectivity index (χ3v) is 4.84. The Balaban J connectivity index is 1.77. The van der Waals surface area contributed by atoms with E-state index >= 15 is 0 Å². The fourth-order valence-electron chi connectivity index (χ4n) is 2.24. The molecule has 0 aromatic carbocycles. The van der Waals surface area contributed by atoms with Gasteiger partial charge < -0.3 is 5.32 Å². The van der Waals surface area contributed by atoms with E-state index in [-0.39, 0.29) is 0 Å². The Hall–Kier alpha value is -0.170. The van der Waals surface area contributed by atoms with Gasteiger partial charge in [0, 0.05) is 19.6 Å². The summed E-state index contributed by atoms with van der Waals surface area (Å²) in [5.74, 6) is 0.696. The van der Waals surface area contributed by atoms with E-state index in [2.05, 4.69) is 10.0 Å². The molecule has 0 saturated carbocycles. The van der Waals surface area contributed by atoms with Crippen LogP contribution in [0.2, 0.25) is 0 Å². The Morgan fingerprint density at radius 1 is 1.20 bits per heavy atom. The summed E-state index contributed by atoms with van der Waals surface area (Å²) < 4.78 is 27.0.